The van der Waals surface area contributed by atoms with Crippen molar-refractivity contribution in [3.05, 3.63) is 0 Å². The van der Waals surface area contributed by atoms with Gasteiger partial charge in [-0.2, -0.15) is 11.8 Å². The Labute approximate surface area is 95.2 Å². The van der Waals surface area contributed by atoms with E-state index in [0.29, 0.717) is 25.4 Å². The highest BCUT2D eigenvalue weighted by molar-refractivity contribution is 7.98. The van der Waals surface area contributed by atoms with E-state index in [1.54, 1.807) is 11.8 Å². The molecule has 0 radical (unpaired) electrons. The van der Waals surface area contributed by atoms with Crippen molar-refractivity contribution in [2.24, 2.45) is 5.92 Å². The molecular weight excluding hydrogens is 212 g/mol. The quantitative estimate of drug-likeness (QED) is 0.615. The summed E-state index contributed by atoms with van der Waals surface area (Å²) >= 11 is 1.79. The monoisotopic (exact) mass is 232 g/mol. The van der Waals surface area contributed by atoms with Crippen molar-refractivity contribution >= 4 is 17.7 Å². The molecule has 4 nitrogen and oxygen atoms in total. The Balaban J connectivity index is 2.18. The minimum absolute atomic E-state index is 0.0134. The van der Waals surface area contributed by atoms with E-state index < -0.39 is 0 Å². The number of nitrogens with one attached hydrogen (secondary N) is 2. The predicted octanol–water partition coefficient (Wildman–Crippen LogP) is -0.176. The van der Waals surface area contributed by atoms with Gasteiger partial charge < -0.3 is 15.7 Å². The summed E-state index contributed by atoms with van der Waals surface area (Å²) in [6.07, 6.45) is 2.22. The van der Waals surface area contributed by atoms with Gasteiger partial charge >= 0.3 is 0 Å². The fourth-order valence-electron chi connectivity index (χ4n) is 1.66. The zero-order chi connectivity index (χ0) is 11.3. The van der Waals surface area contributed by atoms with Crippen molar-refractivity contribution in [3.8, 4) is 0 Å². The smallest absolute Gasteiger partial charge is 0.237 e. The maximum absolute atomic E-state index is 11.6. The lowest BCUT2D eigenvalue weighted by atomic mass is 10.1. The number of carbonyl (C=O) groups excluding carboxylic acids is 1. The number of carbonyl (C=O) groups is 1. The highest BCUT2D eigenvalue weighted by Gasteiger charge is 2.27. The lowest BCUT2D eigenvalue weighted by molar-refractivity contribution is -0.123. The van der Waals surface area contributed by atoms with Crippen LogP contribution >= 0.6 is 11.8 Å². The molecule has 1 aliphatic heterocycles. The molecule has 1 heterocycles. The zero-order valence-corrected chi connectivity index (χ0v) is 10.1. The van der Waals surface area contributed by atoms with Crippen LogP contribution in [0.3, 0.4) is 0 Å². The van der Waals surface area contributed by atoms with Gasteiger partial charge in [-0.15, -0.1) is 0 Å². The van der Waals surface area contributed by atoms with Gasteiger partial charge in [0.05, 0.1) is 12.1 Å². The number of thioether (sulfide) groups is 1. The molecule has 88 valence electrons. The van der Waals surface area contributed by atoms with E-state index in [2.05, 4.69) is 23.8 Å². The molecule has 0 aliphatic carbocycles. The van der Waals surface area contributed by atoms with E-state index in [-0.39, 0.29) is 18.1 Å². The van der Waals surface area contributed by atoms with Crippen molar-refractivity contribution in [1.82, 2.24) is 10.6 Å². The normalized spacial score (nSPS) is 27.7. The highest BCUT2D eigenvalue weighted by Crippen LogP contribution is 2.07. The largest absolute Gasteiger partial charge is 0.392 e. The van der Waals surface area contributed by atoms with Crippen LogP contribution in [-0.4, -0.2) is 48.3 Å². The van der Waals surface area contributed by atoms with Crippen molar-refractivity contribution in [2.45, 2.75) is 25.5 Å². The molecule has 0 bridgehead atoms. The topological polar surface area (TPSA) is 61.4 Å². The van der Waals surface area contributed by atoms with E-state index in [1.165, 1.54) is 0 Å². The second-order valence-corrected chi connectivity index (χ2v) is 5.07. The zero-order valence-electron chi connectivity index (χ0n) is 9.32. The number of hydrogen-bond acceptors (Lipinski definition) is 4. The van der Waals surface area contributed by atoms with Gasteiger partial charge in [-0.05, 0) is 24.3 Å². The summed E-state index contributed by atoms with van der Waals surface area (Å²) < 4.78 is 0. The van der Waals surface area contributed by atoms with Crippen molar-refractivity contribution in [2.75, 3.05) is 25.1 Å². The summed E-state index contributed by atoms with van der Waals surface area (Å²) in [5, 5.41) is 15.2. The lowest BCUT2D eigenvalue weighted by Gasteiger charge is -2.14. The predicted molar refractivity (Wildman–Crippen MR) is 63.0 cm³/mol. The number of aliphatic hydroxyl groups is 1. The summed E-state index contributed by atoms with van der Waals surface area (Å²) in [6.45, 7) is 3.36. The molecule has 1 aliphatic rings. The number of amides is 1. The second kappa shape index (κ2) is 6.35. The molecule has 1 fully saturated rings. The Hall–Kier alpha value is -0.260. The van der Waals surface area contributed by atoms with Crippen LogP contribution in [0.2, 0.25) is 0 Å². The molecule has 1 rings (SSSR count). The standard InChI is InChI=1S/C10H20N2O2S/c1-7(6-15-2)4-12-10(14)9-3-8(13)5-11-9/h7-9,11,13H,3-6H2,1-2H3,(H,12,14). The summed E-state index contributed by atoms with van der Waals surface area (Å²) in [6, 6.07) is -0.207. The van der Waals surface area contributed by atoms with Crippen LogP contribution in [-0.2, 0) is 4.79 Å². The number of hydrogen-bond donors (Lipinski definition) is 3. The van der Waals surface area contributed by atoms with Crippen molar-refractivity contribution < 1.29 is 9.90 Å². The van der Waals surface area contributed by atoms with E-state index in [1.807, 2.05) is 0 Å². The molecular formula is C10H20N2O2S. The van der Waals surface area contributed by atoms with Gasteiger partial charge in [0.2, 0.25) is 5.91 Å². The second-order valence-electron chi connectivity index (χ2n) is 4.16. The van der Waals surface area contributed by atoms with Gasteiger partial charge in [0, 0.05) is 13.1 Å². The van der Waals surface area contributed by atoms with Crippen LogP contribution in [0.25, 0.3) is 0 Å². The molecule has 0 aromatic heterocycles. The van der Waals surface area contributed by atoms with E-state index in [4.69, 9.17) is 0 Å². The first-order valence-electron chi connectivity index (χ1n) is 5.31. The van der Waals surface area contributed by atoms with E-state index in [0.717, 1.165) is 5.75 Å². The Morgan fingerprint density at radius 1 is 1.73 bits per heavy atom. The maximum Gasteiger partial charge on any atom is 0.237 e. The lowest BCUT2D eigenvalue weighted by Crippen LogP contribution is -2.42. The fraction of sp³-hybridized carbons (Fsp3) is 0.900. The number of β-amino-alcohol motifs (C(OH)–C–C–N with tert-alkyl or cyclic N) is 1. The van der Waals surface area contributed by atoms with Gasteiger partial charge in [0.1, 0.15) is 0 Å². The average molecular weight is 232 g/mol. The molecule has 0 spiro atoms. The first-order chi connectivity index (χ1) is 7.13. The third kappa shape index (κ3) is 4.40. The van der Waals surface area contributed by atoms with E-state index in [9.17, 15) is 9.90 Å². The molecule has 3 N–H and O–H groups in total. The molecule has 1 saturated heterocycles. The van der Waals surface area contributed by atoms with Crippen LogP contribution in [0.1, 0.15) is 13.3 Å². The minimum Gasteiger partial charge on any atom is -0.392 e. The molecule has 15 heavy (non-hydrogen) atoms. The molecule has 3 atom stereocenters. The van der Waals surface area contributed by atoms with E-state index >= 15 is 0 Å². The summed E-state index contributed by atoms with van der Waals surface area (Å²) in [5.41, 5.74) is 0. The van der Waals surface area contributed by atoms with Crippen LogP contribution < -0.4 is 10.6 Å². The molecule has 0 saturated carbocycles. The average Bonchev–Trinajstić information content (AvgIpc) is 2.62. The molecule has 0 aromatic carbocycles. The Kier molecular flexibility index (Phi) is 5.42. The van der Waals surface area contributed by atoms with Gasteiger partial charge in [-0.1, -0.05) is 6.92 Å². The summed E-state index contributed by atoms with van der Waals surface area (Å²) in [5.74, 6) is 1.57. The molecule has 0 aromatic rings. The summed E-state index contributed by atoms with van der Waals surface area (Å²) in [4.78, 5) is 11.6. The Bertz CT molecular complexity index is 214. The van der Waals surface area contributed by atoms with Gasteiger partial charge in [-0.3, -0.25) is 4.79 Å². The third-order valence-electron chi connectivity index (χ3n) is 2.50. The van der Waals surface area contributed by atoms with Crippen LogP contribution in [0.15, 0.2) is 0 Å². The molecule has 5 heteroatoms. The van der Waals surface area contributed by atoms with Crippen LogP contribution in [0.4, 0.5) is 0 Å². The highest BCUT2D eigenvalue weighted by atomic mass is 32.2. The molecule has 1 amide bonds. The summed E-state index contributed by atoms with van der Waals surface area (Å²) in [7, 11) is 0. The van der Waals surface area contributed by atoms with Crippen LogP contribution in [0.5, 0.6) is 0 Å². The van der Waals surface area contributed by atoms with Crippen molar-refractivity contribution in [3.63, 3.8) is 0 Å². The van der Waals surface area contributed by atoms with Gasteiger partial charge in [0.15, 0.2) is 0 Å². The molecule has 3 unspecified atom stereocenters. The first kappa shape index (κ1) is 12.8. The fourth-order valence-corrected chi connectivity index (χ4v) is 2.35. The number of aliphatic hydroxyl groups excluding tert-OH is 1. The maximum atomic E-state index is 11.6. The van der Waals surface area contributed by atoms with Crippen molar-refractivity contribution in [1.29, 1.82) is 0 Å². The Morgan fingerprint density at radius 2 is 2.47 bits per heavy atom. The van der Waals surface area contributed by atoms with Crippen LogP contribution in [0, 0.1) is 5.92 Å². The first-order valence-corrected chi connectivity index (χ1v) is 6.71. The third-order valence-corrected chi connectivity index (χ3v) is 3.40. The van der Waals surface area contributed by atoms with Gasteiger partial charge in [-0.25, -0.2) is 0 Å². The Morgan fingerprint density at radius 3 is 3.00 bits per heavy atom. The van der Waals surface area contributed by atoms with Gasteiger partial charge in [0.25, 0.3) is 0 Å². The minimum atomic E-state index is -0.371. The number of rotatable bonds is 5. The SMILES string of the molecule is CSCC(C)CNC(=O)C1CC(O)CN1.